The van der Waals surface area contributed by atoms with E-state index in [-0.39, 0.29) is 30.8 Å². The van der Waals surface area contributed by atoms with Crippen LogP contribution >= 0.6 is 0 Å². The number of aliphatic hydroxyl groups is 1. The lowest BCUT2D eigenvalue weighted by Crippen LogP contribution is -2.45. The standard InChI is InChI=1S/C18H20N2O6S/c21-17(22)13-26-15-4-1-3-14(11-15)18(23)6-9-20(10-7-18)27(24,25)16-5-2-8-19-12-16/h1-5,8,11-12,23H,6-7,9-10,13H2,(H,21,22). The molecule has 1 saturated heterocycles. The Balaban J connectivity index is 1.72. The van der Waals surface area contributed by atoms with Crippen molar-refractivity contribution in [1.82, 2.24) is 9.29 Å². The monoisotopic (exact) mass is 392 g/mol. The Bertz CT molecular complexity index is 908. The molecule has 2 heterocycles. The van der Waals surface area contributed by atoms with Crippen LogP contribution in [0.1, 0.15) is 18.4 Å². The molecule has 0 saturated carbocycles. The molecule has 27 heavy (non-hydrogen) atoms. The molecule has 8 nitrogen and oxygen atoms in total. The van der Waals surface area contributed by atoms with Crippen molar-refractivity contribution in [1.29, 1.82) is 0 Å². The minimum atomic E-state index is -3.65. The van der Waals surface area contributed by atoms with Gasteiger partial charge in [0.1, 0.15) is 10.6 Å². The van der Waals surface area contributed by atoms with E-state index in [2.05, 4.69) is 4.98 Å². The van der Waals surface area contributed by atoms with E-state index in [1.54, 1.807) is 30.3 Å². The number of nitrogens with zero attached hydrogens (tertiary/aromatic N) is 2. The summed E-state index contributed by atoms with van der Waals surface area (Å²) in [6.07, 6.45) is 3.25. The molecule has 144 valence electrons. The summed E-state index contributed by atoms with van der Waals surface area (Å²) in [6, 6.07) is 9.65. The molecular formula is C18H20N2O6S. The molecule has 1 aliphatic rings. The van der Waals surface area contributed by atoms with Gasteiger partial charge in [0.15, 0.2) is 6.61 Å². The zero-order valence-electron chi connectivity index (χ0n) is 14.5. The highest BCUT2D eigenvalue weighted by Crippen LogP contribution is 2.35. The van der Waals surface area contributed by atoms with Gasteiger partial charge in [-0.25, -0.2) is 13.2 Å². The van der Waals surface area contributed by atoms with Crippen molar-refractivity contribution in [2.75, 3.05) is 19.7 Å². The Kier molecular flexibility index (Phi) is 5.45. The van der Waals surface area contributed by atoms with Gasteiger partial charge in [-0.15, -0.1) is 0 Å². The molecule has 0 spiro atoms. The van der Waals surface area contributed by atoms with Gasteiger partial charge in [-0.3, -0.25) is 4.98 Å². The van der Waals surface area contributed by atoms with Crippen LogP contribution in [-0.2, 0) is 20.4 Å². The van der Waals surface area contributed by atoms with Crippen molar-refractivity contribution in [2.45, 2.75) is 23.3 Å². The third-order valence-electron chi connectivity index (χ3n) is 4.56. The van der Waals surface area contributed by atoms with Crippen LogP contribution in [0, 0.1) is 0 Å². The Morgan fingerprint density at radius 1 is 1.22 bits per heavy atom. The SMILES string of the molecule is O=C(O)COc1cccc(C2(O)CCN(S(=O)(=O)c3cccnc3)CC2)c1. The van der Waals surface area contributed by atoms with Crippen molar-refractivity contribution in [3.63, 3.8) is 0 Å². The average Bonchev–Trinajstić information content (AvgIpc) is 2.68. The summed E-state index contributed by atoms with van der Waals surface area (Å²) in [5, 5.41) is 19.7. The van der Waals surface area contributed by atoms with Crippen LogP contribution in [0.5, 0.6) is 5.75 Å². The van der Waals surface area contributed by atoms with Crippen LogP contribution in [0.4, 0.5) is 0 Å². The van der Waals surface area contributed by atoms with Crippen LogP contribution in [0.25, 0.3) is 0 Å². The molecule has 9 heteroatoms. The van der Waals surface area contributed by atoms with Gasteiger partial charge >= 0.3 is 5.97 Å². The molecule has 1 aromatic carbocycles. The number of rotatable bonds is 6. The summed E-state index contributed by atoms with van der Waals surface area (Å²) in [5.41, 5.74) is -0.632. The molecular weight excluding hydrogens is 372 g/mol. The maximum atomic E-state index is 12.7. The number of pyridine rings is 1. The van der Waals surface area contributed by atoms with Crippen molar-refractivity contribution < 1.29 is 28.2 Å². The van der Waals surface area contributed by atoms with E-state index in [1.165, 1.54) is 22.8 Å². The van der Waals surface area contributed by atoms with Crippen LogP contribution in [0.2, 0.25) is 0 Å². The number of benzene rings is 1. The molecule has 0 amide bonds. The minimum absolute atomic E-state index is 0.125. The number of aliphatic carboxylic acids is 1. The number of carboxylic acid groups (broad SMARTS) is 1. The van der Waals surface area contributed by atoms with E-state index in [0.29, 0.717) is 11.3 Å². The Morgan fingerprint density at radius 2 is 1.96 bits per heavy atom. The first-order chi connectivity index (χ1) is 12.8. The third-order valence-corrected chi connectivity index (χ3v) is 6.44. The number of carboxylic acids is 1. The van der Waals surface area contributed by atoms with Crippen molar-refractivity contribution in [2.24, 2.45) is 0 Å². The van der Waals surface area contributed by atoms with Gasteiger partial charge in [0.05, 0.1) is 5.60 Å². The first-order valence-corrected chi connectivity index (χ1v) is 9.83. The maximum Gasteiger partial charge on any atom is 0.341 e. The Morgan fingerprint density at radius 3 is 2.59 bits per heavy atom. The topological polar surface area (TPSA) is 117 Å². The molecule has 1 fully saturated rings. The van der Waals surface area contributed by atoms with Gasteiger partial charge in [0.25, 0.3) is 0 Å². The number of carbonyl (C=O) groups is 1. The zero-order chi connectivity index (χ0) is 19.5. The summed E-state index contributed by atoms with van der Waals surface area (Å²) in [6.45, 7) is -0.152. The Hall–Kier alpha value is -2.49. The highest BCUT2D eigenvalue weighted by Gasteiger charge is 2.38. The van der Waals surface area contributed by atoms with Gasteiger partial charge in [-0.1, -0.05) is 12.1 Å². The second-order valence-electron chi connectivity index (χ2n) is 6.33. The molecule has 3 rings (SSSR count). The number of aromatic nitrogens is 1. The molecule has 2 aromatic rings. The number of hydrogen-bond acceptors (Lipinski definition) is 6. The van der Waals surface area contributed by atoms with E-state index in [1.807, 2.05) is 0 Å². The first-order valence-electron chi connectivity index (χ1n) is 8.39. The maximum absolute atomic E-state index is 12.7. The second-order valence-corrected chi connectivity index (χ2v) is 8.27. The summed E-state index contributed by atoms with van der Waals surface area (Å²) < 4.78 is 31.8. The first kappa shape index (κ1) is 19.3. The van der Waals surface area contributed by atoms with E-state index < -0.39 is 28.2 Å². The molecule has 0 unspecified atom stereocenters. The van der Waals surface area contributed by atoms with Crippen LogP contribution in [0.15, 0.2) is 53.7 Å². The molecule has 0 bridgehead atoms. The summed E-state index contributed by atoms with van der Waals surface area (Å²) in [5.74, 6) is -0.748. The van der Waals surface area contributed by atoms with E-state index in [4.69, 9.17) is 9.84 Å². The van der Waals surface area contributed by atoms with Crippen LogP contribution in [-0.4, -0.2) is 53.6 Å². The lowest BCUT2D eigenvalue weighted by molar-refractivity contribution is -0.139. The van der Waals surface area contributed by atoms with Gasteiger partial charge in [-0.05, 0) is 42.7 Å². The van der Waals surface area contributed by atoms with Crippen molar-refractivity contribution in [3.05, 3.63) is 54.4 Å². The summed E-state index contributed by atoms with van der Waals surface area (Å²) in [7, 11) is -3.65. The normalized spacial score (nSPS) is 17.4. The molecule has 0 radical (unpaired) electrons. The number of hydrogen-bond donors (Lipinski definition) is 2. The smallest absolute Gasteiger partial charge is 0.341 e. The highest BCUT2D eigenvalue weighted by molar-refractivity contribution is 7.89. The fourth-order valence-electron chi connectivity index (χ4n) is 3.05. The number of ether oxygens (including phenoxy) is 1. The highest BCUT2D eigenvalue weighted by atomic mass is 32.2. The fourth-order valence-corrected chi connectivity index (χ4v) is 4.46. The summed E-state index contributed by atoms with van der Waals surface area (Å²) in [4.78, 5) is 14.6. The lowest BCUT2D eigenvalue weighted by Gasteiger charge is -2.37. The molecule has 2 N–H and O–H groups in total. The van der Waals surface area contributed by atoms with Crippen molar-refractivity contribution >= 4 is 16.0 Å². The fraction of sp³-hybridized carbons (Fsp3) is 0.333. The predicted octanol–water partition coefficient (Wildman–Crippen LogP) is 1.22. The lowest BCUT2D eigenvalue weighted by atomic mass is 9.85. The zero-order valence-corrected chi connectivity index (χ0v) is 15.3. The van der Waals surface area contributed by atoms with Crippen LogP contribution < -0.4 is 4.74 Å². The quantitative estimate of drug-likeness (QED) is 0.759. The van der Waals surface area contributed by atoms with Gasteiger partial charge < -0.3 is 14.9 Å². The third kappa shape index (κ3) is 4.26. The van der Waals surface area contributed by atoms with Gasteiger partial charge in [0, 0.05) is 25.5 Å². The number of sulfonamides is 1. The largest absolute Gasteiger partial charge is 0.482 e. The summed E-state index contributed by atoms with van der Waals surface area (Å²) >= 11 is 0. The molecule has 1 aliphatic heterocycles. The predicted molar refractivity (Wildman–Crippen MR) is 95.7 cm³/mol. The van der Waals surface area contributed by atoms with E-state index in [9.17, 15) is 18.3 Å². The average molecular weight is 392 g/mol. The molecule has 1 aromatic heterocycles. The molecule has 0 atom stereocenters. The van der Waals surface area contributed by atoms with Gasteiger partial charge in [-0.2, -0.15) is 4.31 Å². The van der Waals surface area contributed by atoms with Gasteiger partial charge in [0.2, 0.25) is 10.0 Å². The van der Waals surface area contributed by atoms with Crippen molar-refractivity contribution in [3.8, 4) is 5.75 Å². The molecule has 0 aliphatic carbocycles. The van der Waals surface area contributed by atoms with E-state index >= 15 is 0 Å². The Labute approximate surface area is 157 Å². The second kappa shape index (κ2) is 7.63. The number of piperidine rings is 1. The minimum Gasteiger partial charge on any atom is -0.482 e. The van der Waals surface area contributed by atoms with E-state index in [0.717, 1.165) is 0 Å². The van der Waals surface area contributed by atoms with Crippen LogP contribution in [0.3, 0.4) is 0 Å².